The summed E-state index contributed by atoms with van der Waals surface area (Å²) in [5.74, 6) is 0.798. The van der Waals surface area contributed by atoms with E-state index in [1.54, 1.807) is 11.3 Å². The number of benzene rings is 1. The molecule has 1 aromatic carbocycles. The van der Waals surface area contributed by atoms with Crippen molar-refractivity contribution in [1.82, 2.24) is 15.6 Å². The van der Waals surface area contributed by atoms with E-state index in [0.29, 0.717) is 6.54 Å². The minimum Gasteiger partial charge on any atom is -0.396 e. The second-order valence-electron chi connectivity index (χ2n) is 5.76. The largest absolute Gasteiger partial charge is 0.396 e. The molecule has 0 spiro atoms. The lowest BCUT2D eigenvalue weighted by Gasteiger charge is -2.15. The maximum Gasteiger partial charge on any atom is 0.191 e. The van der Waals surface area contributed by atoms with E-state index in [0.717, 1.165) is 42.5 Å². The first-order chi connectivity index (χ1) is 12.3. The second-order valence-corrected chi connectivity index (χ2v) is 6.96. The molecule has 3 N–H and O–H groups in total. The lowest BCUT2D eigenvalue weighted by molar-refractivity contribution is 0.268. The van der Waals surface area contributed by atoms with Crippen molar-refractivity contribution in [2.45, 2.75) is 32.6 Å². The average Bonchev–Trinajstić information content (AvgIpc) is 3.11. The number of aryl methyl sites for hydroxylation is 1. The fraction of sp³-hybridized carbons (Fsp3) is 0.474. The SMILES string of the molecule is CCNC(=NCC(CO)c1ccccc1)NCCc1ncc(CC)s1. The van der Waals surface area contributed by atoms with Crippen LogP contribution in [0.15, 0.2) is 41.5 Å². The normalized spacial score (nSPS) is 12.8. The Bertz CT molecular complexity index is 642. The number of rotatable bonds is 9. The summed E-state index contributed by atoms with van der Waals surface area (Å²) in [6.45, 7) is 6.43. The summed E-state index contributed by atoms with van der Waals surface area (Å²) in [4.78, 5) is 10.4. The molecule has 1 heterocycles. The molecule has 0 aliphatic rings. The minimum atomic E-state index is 0.0164. The highest BCUT2D eigenvalue weighted by Crippen LogP contribution is 2.15. The highest BCUT2D eigenvalue weighted by Gasteiger charge is 2.10. The number of thiazole rings is 1. The van der Waals surface area contributed by atoms with Gasteiger partial charge in [0.1, 0.15) is 0 Å². The average molecular weight is 361 g/mol. The zero-order valence-corrected chi connectivity index (χ0v) is 15.9. The first-order valence-electron chi connectivity index (χ1n) is 8.88. The van der Waals surface area contributed by atoms with Crippen molar-refractivity contribution in [3.8, 4) is 0 Å². The molecule has 0 amide bonds. The van der Waals surface area contributed by atoms with E-state index in [4.69, 9.17) is 0 Å². The van der Waals surface area contributed by atoms with Crippen LogP contribution in [0.2, 0.25) is 0 Å². The summed E-state index contributed by atoms with van der Waals surface area (Å²) >= 11 is 1.77. The van der Waals surface area contributed by atoms with E-state index in [1.165, 1.54) is 4.88 Å². The lowest BCUT2D eigenvalue weighted by atomic mass is 10.0. The number of aliphatic hydroxyl groups excluding tert-OH is 1. The van der Waals surface area contributed by atoms with E-state index in [2.05, 4.69) is 27.5 Å². The molecule has 2 aromatic rings. The fourth-order valence-electron chi connectivity index (χ4n) is 2.45. The van der Waals surface area contributed by atoms with Gasteiger partial charge in [-0.05, 0) is 18.9 Å². The zero-order valence-electron chi connectivity index (χ0n) is 15.0. The summed E-state index contributed by atoms with van der Waals surface area (Å²) in [5, 5.41) is 17.4. The molecule has 0 fully saturated rings. The van der Waals surface area contributed by atoms with Gasteiger partial charge in [-0.2, -0.15) is 0 Å². The molecule has 0 saturated heterocycles. The van der Waals surface area contributed by atoms with Gasteiger partial charge in [0.25, 0.3) is 0 Å². The predicted molar refractivity (Wildman–Crippen MR) is 105 cm³/mol. The third-order valence-corrected chi connectivity index (χ3v) is 5.09. The number of nitrogens with zero attached hydrogens (tertiary/aromatic N) is 2. The molecule has 1 aromatic heterocycles. The van der Waals surface area contributed by atoms with Crippen LogP contribution >= 0.6 is 11.3 Å². The third-order valence-electron chi connectivity index (χ3n) is 3.89. The molecule has 1 atom stereocenters. The van der Waals surface area contributed by atoms with Gasteiger partial charge in [-0.1, -0.05) is 37.3 Å². The van der Waals surface area contributed by atoms with Crippen molar-refractivity contribution < 1.29 is 5.11 Å². The van der Waals surface area contributed by atoms with E-state index in [-0.39, 0.29) is 12.5 Å². The lowest BCUT2D eigenvalue weighted by Crippen LogP contribution is -2.38. The molecule has 1 unspecified atom stereocenters. The Balaban J connectivity index is 1.88. The Kier molecular flexibility index (Phi) is 8.42. The highest BCUT2D eigenvalue weighted by atomic mass is 32.1. The van der Waals surface area contributed by atoms with Gasteiger partial charge in [0.2, 0.25) is 0 Å². The quantitative estimate of drug-likeness (QED) is 0.475. The number of hydrogen-bond acceptors (Lipinski definition) is 4. The number of nitrogens with one attached hydrogen (secondary N) is 2. The monoisotopic (exact) mass is 360 g/mol. The topological polar surface area (TPSA) is 69.5 Å². The van der Waals surface area contributed by atoms with E-state index in [1.807, 2.05) is 43.5 Å². The van der Waals surface area contributed by atoms with Gasteiger partial charge in [0.05, 0.1) is 18.2 Å². The second kappa shape index (κ2) is 10.8. The maximum atomic E-state index is 9.66. The summed E-state index contributed by atoms with van der Waals surface area (Å²) < 4.78 is 0. The van der Waals surface area contributed by atoms with Crippen molar-refractivity contribution in [3.05, 3.63) is 52.0 Å². The standard InChI is InChI=1S/C19H28N4OS/c1-3-17-13-22-18(25-17)10-11-21-19(20-4-2)23-12-16(14-24)15-8-6-5-7-9-15/h5-9,13,16,24H,3-4,10-12,14H2,1-2H3,(H2,20,21,23). The predicted octanol–water partition coefficient (Wildman–Crippen LogP) is 2.58. The van der Waals surface area contributed by atoms with Crippen LogP contribution in [0.5, 0.6) is 0 Å². The molecule has 136 valence electrons. The fourth-order valence-corrected chi connectivity index (χ4v) is 3.31. The summed E-state index contributed by atoms with van der Waals surface area (Å²) in [7, 11) is 0. The van der Waals surface area contributed by atoms with Crippen LogP contribution in [-0.2, 0) is 12.8 Å². The van der Waals surface area contributed by atoms with E-state index < -0.39 is 0 Å². The zero-order chi connectivity index (χ0) is 17.9. The van der Waals surface area contributed by atoms with Crippen LogP contribution in [-0.4, -0.2) is 42.3 Å². The summed E-state index contributed by atoms with van der Waals surface area (Å²) in [6, 6.07) is 10.0. The minimum absolute atomic E-state index is 0.0164. The van der Waals surface area contributed by atoms with E-state index >= 15 is 0 Å². The van der Waals surface area contributed by atoms with Crippen LogP contribution < -0.4 is 10.6 Å². The van der Waals surface area contributed by atoms with Gasteiger partial charge >= 0.3 is 0 Å². The molecule has 0 bridgehead atoms. The summed E-state index contributed by atoms with van der Waals surface area (Å²) in [6.07, 6.45) is 3.89. The van der Waals surface area contributed by atoms with Gasteiger partial charge in [-0.3, -0.25) is 4.99 Å². The number of hydrogen-bond donors (Lipinski definition) is 3. The molecule has 0 radical (unpaired) electrons. The van der Waals surface area contributed by atoms with Crippen molar-refractivity contribution in [2.75, 3.05) is 26.2 Å². The number of aliphatic hydroxyl groups is 1. The first-order valence-corrected chi connectivity index (χ1v) is 9.70. The van der Waals surface area contributed by atoms with Crippen molar-refractivity contribution in [1.29, 1.82) is 0 Å². The summed E-state index contributed by atoms with van der Waals surface area (Å²) in [5.41, 5.74) is 1.11. The first kappa shape index (κ1) is 19.4. The number of aliphatic imine (C=N–C) groups is 1. The Morgan fingerprint density at radius 3 is 2.68 bits per heavy atom. The molecule has 0 saturated carbocycles. The van der Waals surface area contributed by atoms with Crippen LogP contribution in [0.4, 0.5) is 0 Å². The Morgan fingerprint density at radius 1 is 1.24 bits per heavy atom. The van der Waals surface area contributed by atoms with Crippen LogP contribution in [0, 0.1) is 0 Å². The van der Waals surface area contributed by atoms with Crippen LogP contribution in [0.25, 0.3) is 0 Å². The molecular formula is C19H28N4OS. The van der Waals surface area contributed by atoms with Gasteiger partial charge in [0.15, 0.2) is 5.96 Å². The van der Waals surface area contributed by atoms with Crippen molar-refractivity contribution >= 4 is 17.3 Å². The third kappa shape index (κ3) is 6.48. The number of guanidine groups is 1. The van der Waals surface area contributed by atoms with Gasteiger partial charge in [-0.25, -0.2) is 4.98 Å². The molecule has 0 aliphatic heterocycles. The Morgan fingerprint density at radius 2 is 2.04 bits per heavy atom. The van der Waals surface area contributed by atoms with Gasteiger partial charge in [-0.15, -0.1) is 11.3 Å². The Hall–Kier alpha value is -1.92. The molecule has 25 heavy (non-hydrogen) atoms. The molecule has 2 rings (SSSR count). The maximum absolute atomic E-state index is 9.66. The van der Waals surface area contributed by atoms with E-state index in [9.17, 15) is 5.11 Å². The Labute approximate surface area is 154 Å². The molecular weight excluding hydrogens is 332 g/mol. The van der Waals surface area contributed by atoms with Crippen molar-refractivity contribution in [3.63, 3.8) is 0 Å². The van der Waals surface area contributed by atoms with Gasteiger partial charge in [0, 0.05) is 36.5 Å². The van der Waals surface area contributed by atoms with Crippen molar-refractivity contribution in [2.24, 2.45) is 4.99 Å². The number of aromatic nitrogens is 1. The molecule has 0 aliphatic carbocycles. The molecule has 6 heteroatoms. The van der Waals surface area contributed by atoms with Gasteiger partial charge < -0.3 is 15.7 Å². The highest BCUT2D eigenvalue weighted by molar-refractivity contribution is 7.11. The smallest absolute Gasteiger partial charge is 0.191 e. The van der Waals surface area contributed by atoms with Crippen LogP contribution in [0.1, 0.15) is 35.2 Å². The van der Waals surface area contributed by atoms with Crippen LogP contribution in [0.3, 0.4) is 0 Å². The molecule has 5 nitrogen and oxygen atoms in total.